The van der Waals surface area contributed by atoms with Gasteiger partial charge in [-0.2, -0.15) is 0 Å². The Morgan fingerprint density at radius 2 is 2.09 bits per heavy atom. The third-order valence-corrected chi connectivity index (χ3v) is 3.98. The highest BCUT2D eigenvalue weighted by molar-refractivity contribution is 5.92. The monoisotopic (exact) mass is 310 g/mol. The van der Waals surface area contributed by atoms with Gasteiger partial charge in [-0.05, 0) is 41.7 Å². The number of benzene rings is 1. The number of nitrogens with zero attached hydrogens (tertiary/aromatic N) is 2. The maximum Gasteiger partial charge on any atom is 0.193 e. The summed E-state index contributed by atoms with van der Waals surface area (Å²) in [7, 11) is 0. The molecule has 0 amide bonds. The van der Waals surface area contributed by atoms with Gasteiger partial charge in [-0.3, -0.25) is 9.98 Å². The van der Waals surface area contributed by atoms with Crippen LogP contribution in [-0.4, -0.2) is 17.5 Å². The molecule has 4 heteroatoms. The van der Waals surface area contributed by atoms with Crippen molar-refractivity contribution in [3.63, 3.8) is 0 Å². The summed E-state index contributed by atoms with van der Waals surface area (Å²) < 4.78 is 0. The molecule has 0 saturated heterocycles. The largest absolute Gasteiger partial charge is 0.370 e. The van der Waals surface area contributed by atoms with E-state index in [0.29, 0.717) is 24.3 Å². The van der Waals surface area contributed by atoms with E-state index in [1.165, 1.54) is 11.1 Å². The molecule has 0 fully saturated rings. The van der Waals surface area contributed by atoms with Crippen molar-refractivity contribution in [3.05, 3.63) is 59.9 Å². The number of anilines is 1. The Kier molecular flexibility index (Phi) is 6.15. The fraction of sp³-hybridized carbons (Fsp3) is 0.368. The average Bonchev–Trinajstić information content (AvgIpc) is 2.56. The van der Waals surface area contributed by atoms with Crippen molar-refractivity contribution >= 4 is 11.6 Å². The summed E-state index contributed by atoms with van der Waals surface area (Å²) in [6.07, 6.45) is 4.71. The molecule has 4 nitrogen and oxygen atoms in total. The van der Waals surface area contributed by atoms with Crippen molar-refractivity contribution in [3.8, 4) is 0 Å². The maximum absolute atomic E-state index is 6.05. The highest BCUT2D eigenvalue weighted by Crippen LogP contribution is 2.24. The molecule has 0 aliphatic heterocycles. The molecular formula is C19H26N4. The molecule has 0 aliphatic rings. The minimum atomic E-state index is 0.311. The van der Waals surface area contributed by atoms with Crippen LogP contribution < -0.4 is 11.1 Å². The number of rotatable bonds is 6. The van der Waals surface area contributed by atoms with Gasteiger partial charge in [0.05, 0.1) is 0 Å². The zero-order valence-electron chi connectivity index (χ0n) is 14.2. The summed E-state index contributed by atoms with van der Waals surface area (Å²) in [5.74, 6) is 1.23. The van der Waals surface area contributed by atoms with E-state index in [2.05, 4.69) is 54.3 Å². The second-order valence-corrected chi connectivity index (χ2v) is 6.04. The first-order chi connectivity index (χ1) is 11.1. The third kappa shape index (κ3) is 5.09. The second-order valence-electron chi connectivity index (χ2n) is 6.04. The van der Waals surface area contributed by atoms with Crippen molar-refractivity contribution in [2.24, 2.45) is 16.6 Å². The number of hydrogen-bond acceptors (Lipinski definition) is 2. The average molecular weight is 310 g/mol. The van der Waals surface area contributed by atoms with Gasteiger partial charge in [-0.1, -0.05) is 39.0 Å². The maximum atomic E-state index is 6.05. The number of hydrogen-bond donors (Lipinski definition) is 2. The molecule has 1 unspecified atom stereocenters. The predicted molar refractivity (Wildman–Crippen MR) is 97.7 cm³/mol. The first-order valence-corrected chi connectivity index (χ1v) is 8.16. The van der Waals surface area contributed by atoms with E-state index in [0.717, 1.165) is 12.1 Å². The molecule has 1 aromatic carbocycles. The molecule has 0 saturated carbocycles. The van der Waals surface area contributed by atoms with Crippen LogP contribution in [0.2, 0.25) is 0 Å². The van der Waals surface area contributed by atoms with E-state index in [4.69, 9.17) is 5.73 Å². The van der Waals surface area contributed by atoms with Crippen LogP contribution in [0, 0.1) is 5.92 Å². The standard InChI is InChI=1S/C19H26N4/c1-4-15-7-5-9-17(11-15)23-19(20)22-13-18(14(2)3)16-8-6-10-21-12-16/h5-12,14,18H,4,13H2,1-3H3,(H3,20,22,23). The zero-order chi connectivity index (χ0) is 16.7. The molecule has 2 aromatic rings. The van der Waals surface area contributed by atoms with Gasteiger partial charge in [0.15, 0.2) is 5.96 Å². The predicted octanol–water partition coefficient (Wildman–Crippen LogP) is 3.81. The minimum Gasteiger partial charge on any atom is -0.370 e. The van der Waals surface area contributed by atoms with Gasteiger partial charge >= 0.3 is 0 Å². The molecule has 0 radical (unpaired) electrons. The number of nitrogens with two attached hydrogens (primary N) is 1. The SMILES string of the molecule is CCc1cccc(NC(N)=NCC(c2cccnc2)C(C)C)c1. The van der Waals surface area contributed by atoms with Crippen LogP contribution >= 0.6 is 0 Å². The summed E-state index contributed by atoms with van der Waals surface area (Å²) in [4.78, 5) is 8.74. The lowest BCUT2D eigenvalue weighted by Crippen LogP contribution is -2.24. The van der Waals surface area contributed by atoms with E-state index in [-0.39, 0.29) is 0 Å². The van der Waals surface area contributed by atoms with E-state index >= 15 is 0 Å². The van der Waals surface area contributed by atoms with Crippen molar-refractivity contribution in [2.45, 2.75) is 33.1 Å². The fourth-order valence-corrected chi connectivity index (χ4v) is 2.55. The molecule has 1 atom stereocenters. The number of guanidine groups is 1. The summed E-state index contributed by atoms with van der Waals surface area (Å²) in [6.45, 7) is 7.18. The van der Waals surface area contributed by atoms with E-state index in [9.17, 15) is 0 Å². The molecular weight excluding hydrogens is 284 g/mol. The summed E-state index contributed by atoms with van der Waals surface area (Å²) in [5, 5.41) is 3.17. The summed E-state index contributed by atoms with van der Waals surface area (Å²) in [5.41, 5.74) is 9.50. The van der Waals surface area contributed by atoms with Gasteiger partial charge in [0.2, 0.25) is 0 Å². The van der Waals surface area contributed by atoms with Crippen LogP contribution in [0.5, 0.6) is 0 Å². The summed E-state index contributed by atoms with van der Waals surface area (Å²) in [6, 6.07) is 12.3. The molecule has 23 heavy (non-hydrogen) atoms. The van der Waals surface area contributed by atoms with Crippen LogP contribution in [0.15, 0.2) is 53.8 Å². The van der Waals surface area contributed by atoms with Crippen molar-refractivity contribution in [1.29, 1.82) is 0 Å². The fourth-order valence-electron chi connectivity index (χ4n) is 2.55. The van der Waals surface area contributed by atoms with Gasteiger partial charge in [-0.25, -0.2) is 0 Å². The Morgan fingerprint density at radius 1 is 1.26 bits per heavy atom. The zero-order valence-corrected chi connectivity index (χ0v) is 14.2. The van der Waals surface area contributed by atoms with Gasteiger partial charge in [0.25, 0.3) is 0 Å². The van der Waals surface area contributed by atoms with Gasteiger partial charge in [0.1, 0.15) is 0 Å². The Hall–Kier alpha value is -2.36. The van der Waals surface area contributed by atoms with Crippen LogP contribution in [0.3, 0.4) is 0 Å². The molecule has 2 rings (SSSR count). The number of aliphatic imine (C=N–C) groups is 1. The van der Waals surface area contributed by atoms with Crippen molar-refractivity contribution < 1.29 is 0 Å². The van der Waals surface area contributed by atoms with Gasteiger partial charge in [0, 0.05) is 30.5 Å². The van der Waals surface area contributed by atoms with Crippen molar-refractivity contribution in [1.82, 2.24) is 4.98 Å². The van der Waals surface area contributed by atoms with E-state index < -0.39 is 0 Å². The normalized spacial score (nSPS) is 13.1. The van der Waals surface area contributed by atoms with Crippen LogP contribution in [0.4, 0.5) is 5.69 Å². The quantitative estimate of drug-likeness (QED) is 0.630. The summed E-state index contributed by atoms with van der Waals surface area (Å²) >= 11 is 0. The lowest BCUT2D eigenvalue weighted by molar-refractivity contribution is 0.506. The molecule has 0 bridgehead atoms. The number of pyridine rings is 1. The molecule has 3 N–H and O–H groups in total. The lowest BCUT2D eigenvalue weighted by Gasteiger charge is -2.19. The Bertz CT molecular complexity index is 635. The molecule has 0 spiro atoms. The van der Waals surface area contributed by atoms with Crippen LogP contribution in [0.1, 0.15) is 37.8 Å². The van der Waals surface area contributed by atoms with Crippen molar-refractivity contribution in [2.75, 3.05) is 11.9 Å². The Morgan fingerprint density at radius 3 is 2.74 bits per heavy atom. The van der Waals surface area contributed by atoms with Crippen LogP contribution in [-0.2, 0) is 6.42 Å². The van der Waals surface area contributed by atoms with Gasteiger partial charge in [-0.15, -0.1) is 0 Å². The smallest absolute Gasteiger partial charge is 0.193 e. The Balaban J connectivity index is 2.04. The topological polar surface area (TPSA) is 63.3 Å². The highest BCUT2D eigenvalue weighted by atomic mass is 15.1. The van der Waals surface area contributed by atoms with Crippen LogP contribution in [0.25, 0.3) is 0 Å². The Labute approximate surface area is 138 Å². The van der Waals surface area contributed by atoms with E-state index in [1.54, 1.807) is 6.20 Å². The molecule has 0 aliphatic carbocycles. The first kappa shape index (κ1) is 17.0. The highest BCUT2D eigenvalue weighted by Gasteiger charge is 2.15. The molecule has 1 heterocycles. The molecule has 122 valence electrons. The van der Waals surface area contributed by atoms with Gasteiger partial charge < -0.3 is 11.1 Å². The third-order valence-electron chi connectivity index (χ3n) is 3.98. The van der Waals surface area contributed by atoms with E-state index in [1.807, 2.05) is 24.4 Å². The molecule has 1 aromatic heterocycles. The lowest BCUT2D eigenvalue weighted by atomic mass is 9.89. The minimum absolute atomic E-state index is 0.311. The number of aromatic nitrogens is 1. The first-order valence-electron chi connectivity index (χ1n) is 8.16. The second kappa shape index (κ2) is 8.32. The number of aryl methyl sites for hydroxylation is 1. The number of nitrogens with one attached hydrogen (secondary N) is 1.